The van der Waals surface area contributed by atoms with Crippen molar-refractivity contribution in [2.24, 2.45) is 0 Å². The van der Waals surface area contributed by atoms with Crippen molar-refractivity contribution in [3.63, 3.8) is 0 Å². The van der Waals surface area contributed by atoms with Gasteiger partial charge in [0.1, 0.15) is 35.6 Å². The summed E-state index contributed by atoms with van der Waals surface area (Å²) in [5.74, 6) is -2.15. The molecule has 3 aromatic rings. The molecule has 0 unspecified atom stereocenters. The van der Waals surface area contributed by atoms with Gasteiger partial charge in [0.25, 0.3) is 0 Å². The second kappa shape index (κ2) is 12.9. The van der Waals surface area contributed by atoms with Crippen LogP contribution < -0.4 is 19.6 Å². The van der Waals surface area contributed by atoms with E-state index in [4.69, 9.17) is 44.2 Å². The molecule has 0 fully saturated rings. The van der Waals surface area contributed by atoms with Crippen molar-refractivity contribution in [3.05, 3.63) is 34.5 Å². The number of rotatable bonds is 9. The molecule has 0 amide bonds. The van der Waals surface area contributed by atoms with Gasteiger partial charge in [-0.2, -0.15) is 0 Å². The predicted octanol–water partition coefficient (Wildman–Crippen LogP) is -0.776. The Kier molecular flexibility index (Phi) is 10.3. The highest BCUT2D eigenvalue weighted by molar-refractivity contribution is 5.96. The van der Waals surface area contributed by atoms with E-state index in [-0.39, 0.29) is 51.6 Å². The maximum Gasteiger partial charge on any atom is 0.239 e. The van der Waals surface area contributed by atoms with Gasteiger partial charge in [-0.05, 0) is 12.1 Å². The highest BCUT2D eigenvalue weighted by Gasteiger charge is 2.30. The quantitative estimate of drug-likeness (QED) is 0.123. The standard InChI is InChI=1S/C18H16O8.C6H12O6/c1-23-16-10-11(20)17(24-2)14(8-6-4-5-7-9(8)19)26-15(10)12(21)13(22)18(16)25-3;7-1-3(9)5(11)6(12)4(10)2-8/h4-7,19,21-22H,1-3H3;1,3-6,8-12H,2H2/t;3-,4+,5+,6+/m.0/s1. The molecule has 8 N–H and O–H groups in total. The van der Waals surface area contributed by atoms with E-state index in [0.29, 0.717) is 0 Å². The number of ether oxygens (including phenoxy) is 3. The molecule has 208 valence electrons. The molecule has 0 aliphatic carbocycles. The Morgan fingerprint density at radius 2 is 1.45 bits per heavy atom. The molecule has 14 heteroatoms. The first-order chi connectivity index (χ1) is 18.0. The smallest absolute Gasteiger partial charge is 0.239 e. The monoisotopic (exact) mass is 540 g/mol. The van der Waals surface area contributed by atoms with Crippen molar-refractivity contribution in [3.8, 4) is 45.8 Å². The summed E-state index contributed by atoms with van der Waals surface area (Å²) in [5, 5.41) is 73.9. The van der Waals surface area contributed by atoms with Gasteiger partial charge in [-0.3, -0.25) is 4.79 Å². The van der Waals surface area contributed by atoms with Gasteiger partial charge in [0.05, 0.1) is 33.5 Å². The Bertz CT molecular complexity index is 1320. The number of phenols is 3. The second-order valence-electron chi connectivity index (χ2n) is 7.64. The van der Waals surface area contributed by atoms with Crippen LogP contribution in [-0.2, 0) is 4.79 Å². The third-order valence-electron chi connectivity index (χ3n) is 5.34. The van der Waals surface area contributed by atoms with Crippen LogP contribution in [-0.4, -0.2) is 99.5 Å². The number of carbonyl (C=O) groups is 1. The maximum atomic E-state index is 13.0. The SMILES string of the molecule is COc1c(O)c(O)c2oc(-c3ccccc3O)c(OC)c(=O)c2c1OC.O=C[C@H](O)[C@@H](O)[C@H](O)[C@H](O)CO. The Hall–Kier alpha value is -4.08. The number of aliphatic hydroxyl groups is 5. The van der Waals surface area contributed by atoms with E-state index in [9.17, 15) is 24.9 Å². The molecule has 3 rings (SSSR count). The molecule has 0 saturated heterocycles. The van der Waals surface area contributed by atoms with Gasteiger partial charge in [0, 0.05) is 0 Å². The van der Waals surface area contributed by atoms with Gasteiger partial charge in [0.2, 0.25) is 28.4 Å². The molecule has 14 nitrogen and oxygen atoms in total. The van der Waals surface area contributed by atoms with E-state index in [2.05, 4.69) is 0 Å². The number of hydrogen-bond donors (Lipinski definition) is 8. The molecule has 0 aliphatic rings. The minimum Gasteiger partial charge on any atom is -0.507 e. The van der Waals surface area contributed by atoms with Gasteiger partial charge < -0.3 is 64.3 Å². The van der Waals surface area contributed by atoms with Gasteiger partial charge in [-0.1, -0.05) is 12.1 Å². The van der Waals surface area contributed by atoms with E-state index < -0.39 is 48.0 Å². The highest BCUT2D eigenvalue weighted by Crippen LogP contribution is 2.50. The lowest BCUT2D eigenvalue weighted by Crippen LogP contribution is -2.46. The first-order valence-electron chi connectivity index (χ1n) is 10.8. The van der Waals surface area contributed by atoms with Gasteiger partial charge in [0.15, 0.2) is 23.4 Å². The third kappa shape index (κ3) is 5.74. The Morgan fingerprint density at radius 3 is 1.95 bits per heavy atom. The van der Waals surface area contributed by atoms with Crippen LogP contribution >= 0.6 is 0 Å². The van der Waals surface area contributed by atoms with Crippen LogP contribution in [0.3, 0.4) is 0 Å². The molecule has 38 heavy (non-hydrogen) atoms. The fourth-order valence-corrected chi connectivity index (χ4v) is 3.36. The summed E-state index contributed by atoms with van der Waals surface area (Å²) in [6, 6.07) is 6.15. The summed E-state index contributed by atoms with van der Waals surface area (Å²) >= 11 is 0. The molecule has 4 atom stereocenters. The molecule has 2 aromatic carbocycles. The Labute approximate surface area is 214 Å². The van der Waals surface area contributed by atoms with Gasteiger partial charge in [-0.25, -0.2) is 0 Å². The van der Waals surface area contributed by atoms with Crippen LogP contribution in [0.15, 0.2) is 33.5 Å². The van der Waals surface area contributed by atoms with Crippen molar-refractivity contribution in [1.82, 2.24) is 0 Å². The number of phenolic OH excluding ortho intramolecular Hbond substituents is 3. The third-order valence-corrected chi connectivity index (χ3v) is 5.34. The number of para-hydroxylation sites is 1. The molecule has 1 aromatic heterocycles. The van der Waals surface area contributed by atoms with Gasteiger partial charge in [-0.15, -0.1) is 0 Å². The second-order valence-corrected chi connectivity index (χ2v) is 7.64. The lowest BCUT2D eigenvalue weighted by molar-refractivity contribution is -0.136. The number of methoxy groups -OCH3 is 3. The molecule has 0 spiro atoms. The van der Waals surface area contributed by atoms with E-state index in [1.807, 2.05) is 0 Å². The van der Waals surface area contributed by atoms with E-state index >= 15 is 0 Å². The lowest BCUT2D eigenvalue weighted by Gasteiger charge is -2.22. The number of aliphatic hydroxyl groups excluding tert-OH is 5. The molecule has 0 radical (unpaired) electrons. The zero-order valence-electron chi connectivity index (χ0n) is 20.4. The molecular formula is C24H28O14. The maximum absolute atomic E-state index is 13.0. The van der Waals surface area contributed by atoms with Crippen LogP contribution in [0.2, 0.25) is 0 Å². The summed E-state index contributed by atoms with van der Waals surface area (Å²) in [7, 11) is 3.79. The van der Waals surface area contributed by atoms with E-state index in [0.717, 1.165) is 0 Å². The van der Waals surface area contributed by atoms with Crippen LogP contribution in [0.4, 0.5) is 0 Å². The van der Waals surface area contributed by atoms with Crippen LogP contribution in [0, 0.1) is 0 Å². The van der Waals surface area contributed by atoms with Crippen molar-refractivity contribution in [1.29, 1.82) is 0 Å². The summed E-state index contributed by atoms with van der Waals surface area (Å²) < 4.78 is 21.0. The predicted molar refractivity (Wildman–Crippen MR) is 130 cm³/mol. The van der Waals surface area contributed by atoms with E-state index in [1.165, 1.54) is 33.5 Å². The number of aromatic hydroxyl groups is 3. The zero-order valence-corrected chi connectivity index (χ0v) is 20.4. The molecule has 0 saturated carbocycles. The molecular weight excluding hydrogens is 512 g/mol. The summed E-state index contributed by atoms with van der Waals surface area (Å²) in [6.07, 6.45) is -6.84. The molecule has 1 heterocycles. The zero-order chi connectivity index (χ0) is 28.7. The molecule has 0 aliphatic heterocycles. The normalized spacial score (nSPS) is 14.0. The Morgan fingerprint density at radius 1 is 0.868 bits per heavy atom. The number of aldehydes is 1. The van der Waals surface area contributed by atoms with Crippen molar-refractivity contribution in [2.75, 3.05) is 27.9 Å². The average molecular weight is 540 g/mol. The molecule has 0 bridgehead atoms. The largest absolute Gasteiger partial charge is 0.507 e. The number of hydrogen-bond acceptors (Lipinski definition) is 14. The fourth-order valence-electron chi connectivity index (χ4n) is 3.36. The number of fused-ring (bicyclic) bond motifs is 1. The van der Waals surface area contributed by atoms with Crippen LogP contribution in [0.5, 0.6) is 34.5 Å². The Balaban J connectivity index is 0.000000358. The number of carbonyl (C=O) groups excluding carboxylic acids is 1. The van der Waals surface area contributed by atoms with E-state index in [1.54, 1.807) is 12.1 Å². The first-order valence-corrected chi connectivity index (χ1v) is 10.8. The highest BCUT2D eigenvalue weighted by atomic mass is 16.5. The van der Waals surface area contributed by atoms with Gasteiger partial charge >= 0.3 is 0 Å². The van der Waals surface area contributed by atoms with Crippen molar-refractivity contribution in [2.45, 2.75) is 24.4 Å². The van der Waals surface area contributed by atoms with Crippen molar-refractivity contribution < 1.29 is 64.3 Å². The number of benzene rings is 2. The first kappa shape index (κ1) is 30.1. The summed E-state index contributed by atoms with van der Waals surface area (Å²) in [6.45, 7) is -0.760. The minimum atomic E-state index is -1.79. The van der Waals surface area contributed by atoms with Crippen LogP contribution in [0.25, 0.3) is 22.3 Å². The topological polar surface area (TPSA) is 237 Å². The summed E-state index contributed by atoms with van der Waals surface area (Å²) in [4.78, 5) is 22.9. The fraction of sp³-hybridized carbons (Fsp3) is 0.333. The van der Waals surface area contributed by atoms with Crippen molar-refractivity contribution >= 4 is 17.3 Å². The van der Waals surface area contributed by atoms with Crippen LogP contribution in [0.1, 0.15) is 0 Å². The minimum absolute atomic E-state index is 0.0258. The summed E-state index contributed by atoms with van der Waals surface area (Å²) in [5.41, 5.74) is -0.821. The average Bonchev–Trinajstić information content (AvgIpc) is 2.93. The lowest BCUT2D eigenvalue weighted by atomic mass is 10.0.